The molecule has 2 aliphatic heterocycles. The van der Waals surface area contributed by atoms with Crippen molar-refractivity contribution in [3.05, 3.63) is 58.1 Å². The minimum atomic E-state index is -0.300. The monoisotopic (exact) mass is 478 g/mol. The Balaban J connectivity index is 1.56. The summed E-state index contributed by atoms with van der Waals surface area (Å²) in [5.41, 5.74) is 5.19. The topological polar surface area (TPSA) is 85.9 Å². The third-order valence-electron chi connectivity index (χ3n) is 5.90. The highest BCUT2D eigenvalue weighted by molar-refractivity contribution is 6.39. The van der Waals surface area contributed by atoms with E-state index in [1.807, 2.05) is 29.3 Å². The molecule has 2 saturated heterocycles. The molecule has 0 bridgehead atoms. The fourth-order valence-electron chi connectivity index (χ4n) is 4.40. The lowest BCUT2D eigenvalue weighted by Gasteiger charge is -2.38. The highest BCUT2D eigenvalue weighted by Crippen LogP contribution is 2.39. The Kier molecular flexibility index (Phi) is 7.12. The number of carbonyl (C=O) groups is 1. The van der Waals surface area contributed by atoms with Gasteiger partial charge < -0.3 is 15.2 Å². The fraction of sp³-hybridized carbons (Fsp3) is 0.435. The van der Waals surface area contributed by atoms with Gasteiger partial charge in [0, 0.05) is 12.5 Å². The Hall–Kier alpha value is -2.03. The standard InChI is InChI=1S/C23H28Cl2N4O3/c1-13(2)20-19-22(29(28-20)21-16(24)4-3-5-17(21)25)26-18(27-23(19)31)12-14-6-8-15(9-7-14)32-11-10-30/h3-9,13,18-20,22,26,28,30H,10-12H2,1-2H3,(H,27,31). The molecule has 2 heterocycles. The Labute approximate surface area is 198 Å². The first-order valence-electron chi connectivity index (χ1n) is 10.8. The number of aliphatic hydroxyl groups is 1. The molecule has 4 N–H and O–H groups in total. The van der Waals surface area contributed by atoms with Gasteiger partial charge in [0.25, 0.3) is 0 Å². The average Bonchev–Trinajstić information content (AvgIpc) is 3.13. The molecule has 2 fully saturated rings. The Morgan fingerprint density at radius 2 is 1.81 bits per heavy atom. The molecule has 2 aromatic rings. The zero-order valence-electron chi connectivity index (χ0n) is 18.0. The van der Waals surface area contributed by atoms with Crippen LogP contribution in [-0.4, -0.2) is 42.6 Å². The largest absolute Gasteiger partial charge is 0.491 e. The number of nitrogens with zero attached hydrogens (tertiary/aromatic N) is 1. The number of amides is 1. The second-order valence-electron chi connectivity index (χ2n) is 8.46. The predicted molar refractivity (Wildman–Crippen MR) is 126 cm³/mol. The van der Waals surface area contributed by atoms with Crippen molar-refractivity contribution in [1.29, 1.82) is 0 Å². The van der Waals surface area contributed by atoms with E-state index in [0.717, 1.165) is 5.56 Å². The van der Waals surface area contributed by atoms with Crippen LogP contribution in [0.25, 0.3) is 0 Å². The number of anilines is 1. The Morgan fingerprint density at radius 1 is 1.12 bits per heavy atom. The Morgan fingerprint density at radius 3 is 2.44 bits per heavy atom. The van der Waals surface area contributed by atoms with E-state index in [9.17, 15) is 4.79 Å². The van der Waals surface area contributed by atoms with Crippen LogP contribution in [0.15, 0.2) is 42.5 Å². The third kappa shape index (κ3) is 4.67. The molecule has 9 heteroatoms. The summed E-state index contributed by atoms with van der Waals surface area (Å²) >= 11 is 13.0. The van der Waals surface area contributed by atoms with Crippen molar-refractivity contribution < 1.29 is 14.6 Å². The SMILES string of the molecule is CC(C)C1NN(c2c(Cl)cccc2Cl)C2NC(Cc3ccc(OCCO)cc3)NC(=O)C12. The molecule has 7 nitrogen and oxygen atoms in total. The summed E-state index contributed by atoms with van der Waals surface area (Å²) < 4.78 is 5.42. The summed E-state index contributed by atoms with van der Waals surface area (Å²) in [4.78, 5) is 13.2. The van der Waals surface area contributed by atoms with Crippen LogP contribution < -0.4 is 25.8 Å². The van der Waals surface area contributed by atoms with Gasteiger partial charge in [-0.3, -0.25) is 15.1 Å². The molecular formula is C23H28Cl2N4O3. The molecule has 0 radical (unpaired) electrons. The summed E-state index contributed by atoms with van der Waals surface area (Å²) in [6.07, 6.45) is 0.0428. The quantitative estimate of drug-likeness (QED) is 0.489. The highest BCUT2D eigenvalue weighted by Gasteiger charge is 2.51. The van der Waals surface area contributed by atoms with Crippen molar-refractivity contribution in [2.45, 2.75) is 38.6 Å². The summed E-state index contributed by atoms with van der Waals surface area (Å²) in [6.45, 7) is 4.41. The number of hydrogen-bond acceptors (Lipinski definition) is 6. The molecule has 172 valence electrons. The normalized spacial score (nSPS) is 25.1. The first-order valence-corrected chi connectivity index (χ1v) is 11.5. The second-order valence-corrected chi connectivity index (χ2v) is 9.27. The number of rotatable bonds is 7. The van der Waals surface area contributed by atoms with Crippen molar-refractivity contribution in [3.8, 4) is 5.75 Å². The van der Waals surface area contributed by atoms with E-state index in [0.29, 0.717) is 27.9 Å². The van der Waals surface area contributed by atoms with Gasteiger partial charge in [0.05, 0.1) is 34.4 Å². The van der Waals surface area contributed by atoms with Gasteiger partial charge in [-0.1, -0.05) is 55.2 Å². The lowest BCUT2D eigenvalue weighted by atomic mass is 9.87. The minimum Gasteiger partial charge on any atom is -0.491 e. The predicted octanol–water partition coefficient (Wildman–Crippen LogP) is 2.94. The molecule has 0 saturated carbocycles. The van der Waals surface area contributed by atoms with Crippen LogP contribution in [0, 0.1) is 11.8 Å². The van der Waals surface area contributed by atoms with Crippen molar-refractivity contribution >= 4 is 34.8 Å². The molecule has 1 amide bonds. The molecule has 0 aliphatic carbocycles. The molecule has 2 aromatic carbocycles. The fourth-order valence-corrected chi connectivity index (χ4v) is 4.98. The number of halogens is 2. The first kappa shape index (κ1) is 23.1. The third-order valence-corrected chi connectivity index (χ3v) is 6.51. The number of ether oxygens (including phenoxy) is 1. The van der Waals surface area contributed by atoms with Crippen LogP contribution in [0.3, 0.4) is 0 Å². The van der Waals surface area contributed by atoms with Crippen LogP contribution in [-0.2, 0) is 11.2 Å². The summed E-state index contributed by atoms with van der Waals surface area (Å²) in [7, 11) is 0. The lowest BCUT2D eigenvalue weighted by molar-refractivity contribution is -0.129. The number of carbonyl (C=O) groups excluding carboxylic acids is 1. The first-order chi connectivity index (χ1) is 15.4. The smallest absolute Gasteiger partial charge is 0.229 e. The van der Waals surface area contributed by atoms with Gasteiger partial charge in [-0.05, 0) is 35.7 Å². The van der Waals surface area contributed by atoms with Crippen molar-refractivity contribution in [1.82, 2.24) is 16.1 Å². The van der Waals surface area contributed by atoms with E-state index >= 15 is 0 Å². The number of benzene rings is 2. The summed E-state index contributed by atoms with van der Waals surface area (Å²) in [6, 6.07) is 13.0. The van der Waals surface area contributed by atoms with Crippen molar-refractivity contribution in [3.63, 3.8) is 0 Å². The number of fused-ring (bicyclic) bond motifs is 1. The Bertz CT molecular complexity index is 937. The van der Waals surface area contributed by atoms with Gasteiger partial charge in [-0.15, -0.1) is 0 Å². The summed E-state index contributed by atoms with van der Waals surface area (Å²) in [5.74, 6) is 0.624. The average molecular weight is 479 g/mol. The van der Waals surface area contributed by atoms with E-state index in [2.05, 4.69) is 29.9 Å². The molecule has 4 atom stereocenters. The van der Waals surface area contributed by atoms with E-state index in [1.165, 1.54) is 0 Å². The van der Waals surface area contributed by atoms with Gasteiger partial charge in [0.2, 0.25) is 5.91 Å². The van der Waals surface area contributed by atoms with Crippen LogP contribution in [0.4, 0.5) is 5.69 Å². The van der Waals surface area contributed by atoms with Crippen molar-refractivity contribution in [2.75, 3.05) is 18.2 Å². The number of para-hydroxylation sites is 1. The van der Waals surface area contributed by atoms with Crippen molar-refractivity contribution in [2.24, 2.45) is 11.8 Å². The molecule has 0 aromatic heterocycles. The number of hydrazine groups is 1. The zero-order valence-corrected chi connectivity index (χ0v) is 19.5. The number of aliphatic hydroxyl groups excluding tert-OH is 1. The van der Waals surface area contributed by atoms with E-state index < -0.39 is 0 Å². The van der Waals surface area contributed by atoms with Gasteiger partial charge >= 0.3 is 0 Å². The van der Waals surface area contributed by atoms with Crippen LogP contribution >= 0.6 is 23.2 Å². The summed E-state index contributed by atoms with van der Waals surface area (Å²) in [5, 5.41) is 18.6. The maximum atomic E-state index is 13.2. The zero-order chi connectivity index (χ0) is 22.8. The molecule has 4 unspecified atom stereocenters. The van der Waals surface area contributed by atoms with Crippen LogP contribution in [0.2, 0.25) is 10.0 Å². The molecule has 32 heavy (non-hydrogen) atoms. The maximum absolute atomic E-state index is 13.2. The van der Waals surface area contributed by atoms with E-state index in [-0.39, 0.29) is 49.3 Å². The van der Waals surface area contributed by atoms with Gasteiger partial charge in [0.1, 0.15) is 18.5 Å². The highest BCUT2D eigenvalue weighted by atomic mass is 35.5. The molecule has 0 spiro atoms. The maximum Gasteiger partial charge on any atom is 0.229 e. The van der Waals surface area contributed by atoms with Gasteiger partial charge in [0.15, 0.2) is 0 Å². The lowest BCUT2D eigenvalue weighted by Crippen LogP contribution is -2.65. The molecule has 2 aliphatic rings. The second kappa shape index (κ2) is 9.85. The van der Waals surface area contributed by atoms with Gasteiger partial charge in [-0.25, -0.2) is 5.43 Å². The molecular weight excluding hydrogens is 451 g/mol. The van der Waals surface area contributed by atoms with Crippen LogP contribution in [0.5, 0.6) is 5.75 Å². The molecule has 4 rings (SSSR count). The van der Waals surface area contributed by atoms with Gasteiger partial charge in [-0.2, -0.15) is 0 Å². The number of nitrogens with one attached hydrogen (secondary N) is 3. The minimum absolute atomic E-state index is 0.00137. The van der Waals surface area contributed by atoms with Crippen LogP contribution in [0.1, 0.15) is 19.4 Å². The van der Waals surface area contributed by atoms with E-state index in [4.69, 9.17) is 33.0 Å². The van der Waals surface area contributed by atoms with E-state index in [1.54, 1.807) is 18.2 Å². The number of hydrogen-bond donors (Lipinski definition) is 4.